The van der Waals surface area contributed by atoms with Crippen LogP contribution in [-0.2, 0) is 9.59 Å². The Morgan fingerprint density at radius 1 is 1.45 bits per heavy atom. The normalized spacial score (nSPS) is 30.9. The monoisotopic (exact) mass is 298 g/mol. The highest BCUT2D eigenvalue weighted by atomic mass is 32.2. The highest BCUT2D eigenvalue weighted by molar-refractivity contribution is 8.00. The van der Waals surface area contributed by atoms with Crippen molar-refractivity contribution in [2.24, 2.45) is 17.8 Å². The molecule has 0 aromatic rings. The molecule has 0 spiro atoms. The summed E-state index contributed by atoms with van der Waals surface area (Å²) in [4.78, 5) is 25.4. The van der Waals surface area contributed by atoms with Gasteiger partial charge in [-0.1, -0.05) is 27.2 Å². The largest absolute Gasteiger partial charge is 0.352 e. The Morgan fingerprint density at radius 3 is 2.80 bits per heavy atom. The Labute approximate surface area is 126 Å². The summed E-state index contributed by atoms with van der Waals surface area (Å²) >= 11 is 1.58. The number of nitrogens with zero attached hydrogens (tertiary/aromatic N) is 1. The Hall–Kier alpha value is -0.710. The summed E-state index contributed by atoms with van der Waals surface area (Å²) in [6, 6.07) is 0.275. The molecule has 1 aliphatic carbocycles. The molecule has 3 atom stereocenters. The predicted octanol–water partition coefficient (Wildman–Crippen LogP) is 2.10. The number of carbonyl (C=O) groups excluding carboxylic acids is 2. The van der Waals surface area contributed by atoms with Crippen molar-refractivity contribution in [3.05, 3.63) is 0 Å². The molecule has 1 N–H and O–H groups in total. The fraction of sp³-hybridized carbons (Fsp3) is 0.867. The summed E-state index contributed by atoms with van der Waals surface area (Å²) in [6.45, 7) is 6.96. The smallest absolute Gasteiger partial charge is 0.239 e. The number of carbonyl (C=O) groups is 2. The fourth-order valence-corrected chi connectivity index (χ4v) is 4.24. The Morgan fingerprint density at radius 2 is 2.20 bits per heavy atom. The van der Waals surface area contributed by atoms with Crippen molar-refractivity contribution in [3.8, 4) is 0 Å². The number of thioether (sulfide) groups is 1. The molecule has 1 heterocycles. The second-order valence-corrected chi connectivity index (χ2v) is 7.52. The summed E-state index contributed by atoms with van der Waals surface area (Å²) < 4.78 is 0. The Kier molecular flexibility index (Phi) is 5.35. The molecule has 114 valence electrons. The van der Waals surface area contributed by atoms with Gasteiger partial charge >= 0.3 is 0 Å². The summed E-state index contributed by atoms with van der Waals surface area (Å²) in [5.74, 6) is 3.10. The summed E-state index contributed by atoms with van der Waals surface area (Å²) in [5.41, 5.74) is 0. The third kappa shape index (κ3) is 3.90. The first-order chi connectivity index (χ1) is 9.47. The van der Waals surface area contributed by atoms with Gasteiger partial charge in [0.15, 0.2) is 0 Å². The highest BCUT2D eigenvalue weighted by Crippen LogP contribution is 2.33. The summed E-state index contributed by atoms with van der Waals surface area (Å²) in [6.07, 6.45) is 3.52. The molecular formula is C15H26N2O2S. The zero-order chi connectivity index (χ0) is 14.7. The first-order valence-corrected chi connectivity index (χ1v) is 8.77. The van der Waals surface area contributed by atoms with Gasteiger partial charge in [0.25, 0.3) is 0 Å². The molecule has 4 nitrogen and oxygen atoms in total. The van der Waals surface area contributed by atoms with Gasteiger partial charge in [-0.3, -0.25) is 9.59 Å². The molecule has 0 radical (unpaired) electrons. The molecule has 20 heavy (non-hydrogen) atoms. The van der Waals surface area contributed by atoms with Gasteiger partial charge in [-0.25, -0.2) is 0 Å². The maximum atomic E-state index is 12.2. The van der Waals surface area contributed by atoms with E-state index in [2.05, 4.69) is 26.1 Å². The van der Waals surface area contributed by atoms with E-state index in [0.717, 1.165) is 6.42 Å². The zero-order valence-electron chi connectivity index (χ0n) is 12.7. The summed E-state index contributed by atoms with van der Waals surface area (Å²) in [7, 11) is 0. The second-order valence-electron chi connectivity index (χ2n) is 6.57. The van der Waals surface area contributed by atoms with Crippen molar-refractivity contribution in [2.75, 3.05) is 18.2 Å². The van der Waals surface area contributed by atoms with Gasteiger partial charge in [0.1, 0.15) is 6.54 Å². The highest BCUT2D eigenvalue weighted by Gasteiger charge is 2.32. The number of nitrogens with one attached hydrogen (secondary N) is 1. The number of amides is 2. The van der Waals surface area contributed by atoms with Gasteiger partial charge in [0.05, 0.1) is 11.6 Å². The lowest BCUT2D eigenvalue weighted by Gasteiger charge is -2.38. The molecule has 1 saturated heterocycles. The van der Waals surface area contributed by atoms with Crippen LogP contribution < -0.4 is 5.32 Å². The van der Waals surface area contributed by atoms with Gasteiger partial charge in [-0.05, 0) is 30.6 Å². The van der Waals surface area contributed by atoms with Crippen molar-refractivity contribution >= 4 is 23.6 Å². The van der Waals surface area contributed by atoms with E-state index in [-0.39, 0.29) is 24.4 Å². The van der Waals surface area contributed by atoms with Crippen molar-refractivity contribution in [1.29, 1.82) is 0 Å². The zero-order valence-corrected chi connectivity index (χ0v) is 13.5. The van der Waals surface area contributed by atoms with E-state index < -0.39 is 0 Å². The second kappa shape index (κ2) is 6.83. The van der Waals surface area contributed by atoms with Crippen LogP contribution in [0.3, 0.4) is 0 Å². The molecule has 2 fully saturated rings. The SMILES string of the molecule is CC(C)[C@H]1CC[C@@H](C)C[C@H]1NC(=O)CN1CSCC1=O. The van der Waals surface area contributed by atoms with Crippen LogP contribution in [0.15, 0.2) is 0 Å². The molecule has 0 aromatic carbocycles. The van der Waals surface area contributed by atoms with Gasteiger partial charge in [0, 0.05) is 6.04 Å². The molecular weight excluding hydrogens is 272 g/mol. The lowest BCUT2D eigenvalue weighted by molar-refractivity contribution is -0.133. The molecule has 2 amide bonds. The molecule has 0 aromatic heterocycles. The number of hydrogen-bond acceptors (Lipinski definition) is 3. The third-order valence-electron chi connectivity index (χ3n) is 4.53. The molecule has 2 aliphatic rings. The van der Waals surface area contributed by atoms with Gasteiger partial charge < -0.3 is 10.2 Å². The van der Waals surface area contributed by atoms with Crippen LogP contribution in [-0.4, -0.2) is 40.9 Å². The van der Waals surface area contributed by atoms with Crippen molar-refractivity contribution in [1.82, 2.24) is 10.2 Å². The van der Waals surface area contributed by atoms with E-state index in [1.807, 2.05) is 0 Å². The van der Waals surface area contributed by atoms with E-state index >= 15 is 0 Å². The van der Waals surface area contributed by atoms with E-state index in [4.69, 9.17) is 0 Å². The number of rotatable bonds is 4. The first-order valence-electron chi connectivity index (χ1n) is 7.62. The van der Waals surface area contributed by atoms with Crippen LogP contribution in [0.2, 0.25) is 0 Å². The minimum absolute atomic E-state index is 0.00519. The standard InChI is InChI=1S/C15H26N2O2S/c1-10(2)12-5-4-11(3)6-13(12)16-14(18)7-17-9-20-8-15(17)19/h10-13H,4-9H2,1-3H3,(H,16,18)/t11-,12-,13-/m1/s1. The van der Waals surface area contributed by atoms with Gasteiger partial charge in [0.2, 0.25) is 11.8 Å². The van der Waals surface area contributed by atoms with Crippen molar-refractivity contribution in [2.45, 2.75) is 46.1 Å². The molecule has 0 bridgehead atoms. The molecule has 1 aliphatic heterocycles. The minimum atomic E-state index is 0.00519. The van der Waals surface area contributed by atoms with E-state index in [0.29, 0.717) is 29.4 Å². The van der Waals surface area contributed by atoms with Crippen LogP contribution in [0.25, 0.3) is 0 Å². The lowest BCUT2D eigenvalue weighted by Crippen LogP contribution is -2.48. The van der Waals surface area contributed by atoms with Crippen molar-refractivity contribution in [3.63, 3.8) is 0 Å². The average molecular weight is 298 g/mol. The predicted molar refractivity (Wildman–Crippen MR) is 82.3 cm³/mol. The molecule has 2 rings (SSSR count). The molecule has 0 unspecified atom stereocenters. The number of hydrogen-bond donors (Lipinski definition) is 1. The maximum absolute atomic E-state index is 12.2. The van der Waals surface area contributed by atoms with E-state index in [1.54, 1.807) is 16.7 Å². The lowest BCUT2D eigenvalue weighted by atomic mass is 9.74. The summed E-state index contributed by atoms with van der Waals surface area (Å²) in [5, 5.41) is 3.19. The maximum Gasteiger partial charge on any atom is 0.239 e. The fourth-order valence-electron chi connectivity index (χ4n) is 3.33. The van der Waals surface area contributed by atoms with Gasteiger partial charge in [-0.2, -0.15) is 0 Å². The van der Waals surface area contributed by atoms with Gasteiger partial charge in [-0.15, -0.1) is 11.8 Å². The van der Waals surface area contributed by atoms with Crippen molar-refractivity contribution < 1.29 is 9.59 Å². The van der Waals surface area contributed by atoms with Crippen LogP contribution in [0.4, 0.5) is 0 Å². The Balaban J connectivity index is 1.88. The quantitative estimate of drug-likeness (QED) is 0.864. The van der Waals surface area contributed by atoms with Crippen LogP contribution >= 0.6 is 11.8 Å². The van der Waals surface area contributed by atoms with Crippen LogP contribution in [0, 0.1) is 17.8 Å². The van der Waals surface area contributed by atoms with Crippen LogP contribution in [0.1, 0.15) is 40.0 Å². The molecule has 1 saturated carbocycles. The average Bonchev–Trinajstić information content (AvgIpc) is 2.74. The van der Waals surface area contributed by atoms with Crippen LogP contribution in [0.5, 0.6) is 0 Å². The first kappa shape index (κ1) is 15.7. The Bertz CT molecular complexity index is 373. The third-order valence-corrected chi connectivity index (χ3v) is 5.47. The van der Waals surface area contributed by atoms with E-state index in [1.165, 1.54) is 12.8 Å². The topological polar surface area (TPSA) is 49.4 Å². The minimum Gasteiger partial charge on any atom is -0.352 e. The van der Waals surface area contributed by atoms with E-state index in [9.17, 15) is 9.59 Å². The molecule has 5 heteroatoms.